The Kier molecular flexibility index (Phi) is 5.31. The van der Waals surface area contributed by atoms with Crippen LogP contribution in [0.25, 0.3) is 10.9 Å². The summed E-state index contributed by atoms with van der Waals surface area (Å²) in [6.45, 7) is 4.70. The van der Waals surface area contributed by atoms with E-state index in [9.17, 15) is 14.4 Å². The van der Waals surface area contributed by atoms with Gasteiger partial charge in [-0.2, -0.15) is 0 Å². The third kappa shape index (κ3) is 3.80. The molecule has 1 aliphatic rings. The summed E-state index contributed by atoms with van der Waals surface area (Å²) in [5.74, 6) is -0.418. The van der Waals surface area contributed by atoms with Crippen LogP contribution in [0.2, 0.25) is 0 Å². The van der Waals surface area contributed by atoms with E-state index >= 15 is 0 Å². The van der Waals surface area contributed by atoms with Crippen molar-refractivity contribution < 1.29 is 9.59 Å². The Balaban J connectivity index is 1.54. The zero-order chi connectivity index (χ0) is 21.3. The predicted molar refractivity (Wildman–Crippen MR) is 114 cm³/mol. The van der Waals surface area contributed by atoms with Gasteiger partial charge in [0.1, 0.15) is 5.69 Å². The molecule has 1 aromatic carbocycles. The molecule has 0 radical (unpaired) electrons. The number of piperidine rings is 1. The minimum Gasteiger partial charge on any atom is -0.336 e. The van der Waals surface area contributed by atoms with E-state index in [2.05, 4.69) is 27.2 Å². The van der Waals surface area contributed by atoms with Gasteiger partial charge in [0.2, 0.25) is 0 Å². The van der Waals surface area contributed by atoms with E-state index < -0.39 is 5.91 Å². The van der Waals surface area contributed by atoms with Gasteiger partial charge >= 0.3 is 0 Å². The Morgan fingerprint density at radius 3 is 2.80 bits per heavy atom. The van der Waals surface area contributed by atoms with Gasteiger partial charge in [0.15, 0.2) is 0 Å². The lowest BCUT2D eigenvalue weighted by atomic mass is 10.0. The van der Waals surface area contributed by atoms with Crippen molar-refractivity contribution in [2.24, 2.45) is 0 Å². The van der Waals surface area contributed by atoms with E-state index in [1.54, 1.807) is 18.2 Å². The maximum Gasteiger partial charge on any atom is 0.274 e. The summed E-state index contributed by atoms with van der Waals surface area (Å²) < 4.78 is 0. The van der Waals surface area contributed by atoms with Crippen molar-refractivity contribution in [1.29, 1.82) is 0 Å². The zero-order valence-corrected chi connectivity index (χ0v) is 16.9. The number of aromatic nitrogens is 3. The van der Waals surface area contributed by atoms with Gasteiger partial charge in [-0.05, 0) is 62.9 Å². The first kappa shape index (κ1) is 19.8. The van der Waals surface area contributed by atoms with Crippen molar-refractivity contribution in [1.82, 2.24) is 19.9 Å². The number of likely N-dealkylation sites (tertiary alicyclic amines) is 1. The average Bonchev–Trinajstić information content (AvgIpc) is 2.75. The molecule has 1 fully saturated rings. The molecule has 2 amide bonds. The van der Waals surface area contributed by atoms with Crippen LogP contribution in [0.3, 0.4) is 0 Å². The summed E-state index contributed by atoms with van der Waals surface area (Å²) in [5.41, 5.74) is 2.18. The normalized spacial score (nSPS) is 16.5. The van der Waals surface area contributed by atoms with E-state index in [1.165, 1.54) is 18.6 Å². The van der Waals surface area contributed by atoms with Crippen LogP contribution < -0.4 is 10.9 Å². The molecule has 1 saturated heterocycles. The number of amides is 2. The molecule has 1 atom stereocenters. The van der Waals surface area contributed by atoms with E-state index in [-0.39, 0.29) is 23.2 Å². The summed E-state index contributed by atoms with van der Waals surface area (Å²) in [5, 5.41) is 3.10. The largest absolute Gasteiger partial charge is 0.336 e. The summed E-state index contributed by atoms with van der Waals surface area (Å²) in [6, 6.07) is 6.91. The number of aromatic amines is 1. The SMILES string of the molecule is Cc1cc(C(=O)N2CCCCC2C)ccc1NC(=O)c1cc2c(=O)[nH]cnc2cn1. The zero-order valence-electron chi connectivity index (χ0n) is 16.9. The van der Waals surface area contributed by atoms with Crippen LogP contribution >= 0.6 is 0 Å². The number of hydrogen-bond acceptors (Lipinski definition) is 5. The van der Waals surface area contributed by atoms with Crippen molar-refractivity contribution >= 4 is 28.4 Å². The standard InChI is InChI=1S/C22H23N5O3/c1-13-9-15(22(30)27-8-4-3-5-14(27)2)6-7-17(13)26-21(29)18-10-16-19(11-23-18)24-12-25-20(16)28/h6-7,9-12,14H,3-5,8H2,1-2H3,(H,26,29)(H,24,25,28). The highest BCUT2D eigenvalue weighted by atomic mass is 16.2. The molecule has 8 nitrogen and oxygen atoms in total. The summed E-state index contributed by atoms with van der Waals surface area (Å²) in [4.78, 5) is 50.0. The minimum absolute atomic E-state index is 0.0195. The lowest BCUT2D eigenvalue weighted by Crippen LogP contribution is -2.42. The monoisotopic (exact) mass is 405 g/mol. The molecular formula is C22H23N5O3. The number of rotatable bonds is 3. The first-order valence-electron chi connectivity index (χ1n) is 10.0. The number of carbonyl (C=O) groups excluding carboxylic acids is 2. The predicted octanol–water partition coefficient (Wildman–Crippen LogP) is 2.89. The second-order valence-corrected chi connectivity index (χ2v) is 7.65. The van der Waals surface area contributed by atoms with Crippen molar-refractivity contribution in [3.63, 3.8) is 0 Å². The smallest absolute Gasteiger partial charge is 0.274 e. The fourth-order valence-electron chi connectivity index (χ4n) is 3.78. The number of aryl methyl sites for hydroxylation is 1. The first-order chi connectivity index (χ1) is 14.4. The molecular weight excluding hydrogens is 382 g/mol. The summed E-state index contributed by atoms with van der Waals surface area (Å²) in [6.07, 6.45) is 5.90. The number of nitrogens with one attached hydrogen (secondary N) is 2. The van der Waals surface area contributed by atoms with E-state index in [0.29, 0.717) is 22.2 Å². The van der Waals surface area contributed by atoms with Crippen LogP contribution in [0.15, 0.2) is 41.6 Å². The molecule has 1 unspecified atom stereocenters. The molecule has 3 heterocycles. The van der Waals surface area contributed by atoms with Crippen LogP contribution in [0.4, 0.5) is 5.69 Å². The highest BCUT2D eigenvalue weighted by Crippen LogP contribution is 2.22. The Hall–Kier alpha value is -3.55. The van der Waals surface area contributed by atoms with Gasteiger partial charge in [-0.15, -0.1) is 0 Å². The number of H-pyrrole nitrogens is 1. The lowest BCUT2D eigenvalue weighted by molar-refractivity contribution is 0.0635. The molecule has 2 N–H and O–H groups in total. The third-order valence-electron chi connectivity index (χ3n) is 5.54. The van der Waals surface area contributed by atoms with Gasteiger partial charge < -0.3 is 15.2 Å². The molecule has 1 aliphatic heterocycles. The molecule has 0 aliphatic carbocycles. The molecule has 154 valence electrons. The van der Waals surface area contributed by atoms with Crippen molar-refractivity contribution in [2.45, 2.75) is 39.2 Å². The molecule has 3 aromatic rings. The lowest BCUT2D eigenvalue weighted by Gasteiger charge is -2.33. The topological polar surface area (TPSA) is 108 Å². The molecule has 0 bridgehead atoms. The number of hydrogen-bond donors (Lipinski definition) is 2. The van der Waals surface area contributed by atoms with E-state index in [1.807, 2.05) is 11.8 Å². The summed E-state index contributed by atoms with van der Waals surface area (Å²) in [7, 11) is 0. The Bertz CT molecular complexity index is 1190. The number of anilines is 1. The van der Waals surface area contributed by atoms with Crippen LogP contribution in [-0.4, -0.2) is 44.3 Å². The first-order valence-corrected chi connectivity index (χ1v) is 10.0. The number of carbonyl (C=O) groups is 2. The van der Waals surface area contributed by atoms with Crippen molar-refractivity contribution in [3.8, 4) is 0 Å². The second-order valence-electron chi connectivity index (χ2n) is 7.65. The number of fused-ring (bicyclic) bond motifs is 1. The maximum absolute atomic E-state index is 12.9. The van der Waals surface area contributed by atoms with Crippen LogP contribution in [-0.2, 0) is 0 Å². The van der Waals surface area contributed by atoms with E-state index in [0.717, 1.165) is 31.4 Å². The quantitative estimate of drug-likeness (QED) is 0.697. The highest BCUT2D eigenvalue weighted by Gasteiger charge is 2.24. The molecule has 8 heteroatoms. The third-order valence-corrected chi connectivity index (χ3v) is 5.54. The Morgan fingerprint density at radius 2 is 2.03 bits per heavy atom. The van der Waals surface area contributed by atoms with E-state index in [4.69, 9.17) is 0 Å². The summed E-state index contributed by atoms with van der Waals surface area (Å²) >= 11 is 0. The Morgan fingerprint density at radius 1 is 1.20 bits per heavy atom. The Labute approximate surface area is 173 Å². The molecule has 2 aromatic heterocycles. The second kappa shape index (κ2) is 8.06. The molecule has 30 heavy (non-hydrogen) atoms. The van der Waals surface area contributed by atoms with Gasteiger partial charge in [0, 0.05) is 23.8 Å². The molecule has 4 rings (SSSR count). The van der Waals surface area contributed by atoms with Crippen LogP contribution in [0.1, 0.15) is 52.6 Å². The van der Waals surface area contributed by atoms with Gasteiger partial charge in [0.25, 0.3) is 17.4 Å². The molecule has 0 saturated carbocycles. The average molecular weight is 405 g/mol. The van der Waals surface area contributed by atoms with Gasteiger partial charge in [-0.1, -0.05) is 0 Å². The fraction of sp³-hybridized carbons (Fsp3) is 0.318. The van der Waals surface area contributed by atoms with Crippen molar-refractivity contribution in [2.75, 3.05) is 11.9 Å². The van der Waals surface area contributed by atoms with Gasteiger partial charge in [-0.25, -0.2) is 9.97 Å². The van der Waals surface area contributed by atoms with Gasteiger partial charge in [0.05, 0.1) is 23.4 Å². The van der Waals surface area contributed by atoms with Crippen LogP contribution in [0, 0.1) is 6.92 Å². The van der Waals surface area contributed by atoms with Crippen molar-refractivity contribution in [3.05, 3.63) is 64.0 Å². The number of pyridine rings is 1. The number of benzene rings is 1. The fourth-order valence-corrected chi connectivity index (χ4v) is 3.78. The van der Waals surface area contributed by atoms with Gasteiger partial charge in [-0.3, -0.25) is 14.4 Å². The van der Waals surface area contributed by atoms with Crippen LogP contribution in [0.5, 0.6) is 0 Å². The number of nitrogens with zero attached hydrogens (tertiary/aromatic N) is 3. The minimum atomic E-state index is -0.438. The molecule has 0 spiro atoms. The maximum atomic E-state index is 12.9. The highest BCUT2D eigenvalue weighted by molar-refractivity contribution is 6.05.